The lowest BCUT2D eigenvalue weighted by Gasteiger charge is -2.30. The van der Waals surface area contributed by atoms with Crippen LogP contribution in [0.5, 0.6) is 0 Å². The van der Waals surface area contributed by atoms with Crippen LogP contribution in [0.2, 0.25) is 0 Å². The lowest BCUT2D eigenvalue weighted by Crippen LogP contribution is -2.39. The number of hydrogen-bond donors (Lipinski definition) is 1. The molecule has 2 heteroatoms. The molecule has 0 aromatic heterocycles. The summed E-state index contributed by atoms with van der Waals surface area (Å²) in [6.07, 6.45) is 9.87. The fourth-order valence-corrected chi connectivity index (χ4v) is 4.29. The second-order valence-electron chi connectivity index (χ2n) is 8.76. The Morgan fingerprint density at radius 3 is 2.52 bits per heavy atom. The van der Waals surface area contributed by atoms with Gasteiger partial charge in [-0.15, -0.1) is 0 Å². The smallest absolute Gasteiger partial charge is 0.0107 e. The highest BCUT2D eigenvalue weighted by Gasteiger charge is 2.27. The molecule has 0 bridgehead atoms. The van der Waals surface area contributed by atoms with E-state index in [0.29, 0.717) is 5.41 Å². The Bertz CT molecular complexity index is 294. The lowest BCUT2D eigenvalue weighted by atomic mass is 9.77. The second kappa shape index (κ2) is 7.97. The van der Waals surface area contributed by atoms with Crippen molar-refractivity contribution in [1.82, 2.24) is 10.2 Å². The number of nitrogens with one attached hydrogen (secondary N) is 1. The number of nitrogens with zero attached hydrogens (tertiary/aromatic N) is 1. The van der Waals surface area contributed by atoms with Gasteiger partial charge in [-0.25, -0.2) is 0 Å². The first-order valence-corrected chi connectivity index (χ1v) is 9.41. The minimum Gasteiger partial charge on any atom is -0.313 e. The summed E-state index contributed by atoms with van der Waals surface area (Å²) in [5.74, 6) is 1.84. The number of likely N-dealkylation sites (tertiary alicyclic amines) is 1. The van der Waals surface area contributed by atoms with Crippen molar-refractivity contribution in [2.24, 2.45) is 17.3 Å². The van der Waals surface area contributed by atoms with Crippen LogP contribution in [-0.2, 0) is 0 Å². The summed E-state index contributed by atoms with van der Waals surface area (Å²) in [4.78, 5) is 2.70. The molecule has 2 fully saturated rings. The van der Waals surface area contributed by atoms with Gasteiger partial charge in [0.2, 0.25) is 0 Å². The lowest BCUT2D eigenvalue weighted by molar-refractivity contribution is 0.206. The zero-order valence-electron chi connectivity index (χ0n) is 15.0. The largest absolute Gasteiger partial charge is 0.313 e. The van der Waals surface area contributed by atoms with Crippen molar-refractivity contribution in [3.05, 3.63) is 0 Å². The standard InChI is InChI=1S/C19H38N2/c1-16-7-5-9-18(15-16)20-11-14-21-12-6-8-17(10-13-21)19(2,3)4/h16-18,20H,5-15H2,1-4H3. The van der Waals surface area contributed by atoms with Gasteiger partial charge in [-0.3, -0.25) is 0 Å². The molecule has 0 aromatic rings. The van der Waals surface area contributed by atoms with Crippen LogP contribution >= 0.6 is 0 Å². The summed E-state index contributed by atoms with van der Waals surface area (Å²) in [5, 5.41) is 3.82. The minimum atomic E-state index is 0.493. The first-order chi connectivity index (χ1) is 9.95. The molecule has 2 aliphatic rings. The maximum Gasteiger partial charge on any atom is 0.0107 e. The van der Waals surface area contributed by atoms with E-state index in [0.717, 1.165) is 17.9 Å². The molecular formula is C19H38N2. The molecule has 1 heterocycles. The van der Waals surface area contributed by atoms with Gasteiger partial charge in [0.1, 0.15) is 0 Å². The van der Waals surface area contributed by atoms with Gasteiger partial charge in [0.15, 0.2) is 0 Å². The summed E-state index contributed by atoms with van der Waals surface area (Å²) >= 11 is 0. The van der Waals surface area contributed by atoms with E-state index < -0.39 is 0 Å². The van der Waals surface area contributed by atoms with E-state index >= 15 is 0 Å². The fraction of sp³-hybridized carbons (Fsp3) is 1.00. The van der Waals surface area contributed by atoms with E-state index in [9.17, 15) is 0 Å². The van der Waals surface area contributed by atoms with Gasteiger partial charge in [-0.1, -0.05) is 40.5 Å². The SMILES string of the molecule is CC1CCCC(NCCN2CCCC(C(C)(C)C)CC2)C1. The van der Waals surface area contributed by atoms with Gasteiger partial charge in [-0.2, -0.15) is 0 Å². The molecule has 2 nitrogen and oxygen atoms in total. The third-order valence-corrected chi connectivity index (χ3v) is 5.84. The van der Waals surface area contributed by atoms with E-state index in [1.807, 2.05) is 0 Å². The summed E-state index contributed by atoms with van der Waals surface area (Å²) in [6, 6.07) is 0.794. The molecule has 1 saturated carbocycles. The summed E-state index contributed by atoms with van der Waals surface area (Å²) in [5.41, 5.74) is 0.493. The quantitative estimate of drug-likeness (QED) is 0.831. The van der Waals surface area contributed by atoms with E-state index in [1.165, 1.54) is 71.1 Å². The molecule has 124 valence electrons. The molecule has 0 radical (unpaired) electrons. The Hall–Kier alpha value is -0.0800. The van der Waals surface area contributed by atoms with Crippen LogP contribution in [0.1, 0.15) is 72.6 Å². The van der Waals surface area contributed by atoms with Crippen LogP contribution in [0.4, 0.5) is 0 Å². The maximum absolute atomic E-state index is 3.82. The molecule has 1 N–H and O–H groups in total. The van der Waals surface area contributed by atoms with Crippen molar-refractivity contribution in [1.29, 1.82) is 0 Å². The highest BCUT2D eigenvalue weighted by molar-refractivity contribution is 4.80. The molecule has 2 rings (SSSR count). The Kier molecular flexibility index (Phi) is 6.55. The number of rotatable bonds is 4. The van der Waals surface area contributed by atoms with Crippen molar-refractivity contribution in [2.75, 3.05) is 26.2 Å². The molecular weight excluding hydrogens is 256 g/mol. The van der Waals surface area contributed by atoms with Crippen molar-refractivity contribution in [2.45, 2.75) is 78.7 Å². The monoisotopic (exact) mass is 294 g/mol. The van der Waals surface area contributed by atoms with Gasteiger partial charge in [0.05, 0.1) is 0 Å². The molecule has 0 spiro atoms. The molecule has 1 aliphatic carbocycles. The average molecular weight is 295 g/mol. The van der Waals surface area contributed by atoms with Crippen LogP contribution < -0.4 is 5.32 Å². The Morgan fingerprint density at radius 2 is 1.81 bits per heavy atom. The van der Waals surface area contributed by atoms with Gasteiger partial charge in [-0.05, 0) is 62.4 Å². The molecule has 3 unspecified atom stereocenters. The summed E-state index contributed by atoms with van der Waals surface area (Å²) in [6.45, 7) is 14.7. The van der Waals surface area contributed by atoms with E-state index in [2.05, 4.69) is 37.9 Å². The fourth-order valence-electron chi connectivity index (χ4n) is 4.29. The predicted octanol–water partition coefficient (Wildman–Crippen LogP) is 4.30. The second-order valence-corrected chi connectivity index (χ2v) is 8.76. The van der Waals surface area contributed by atoms with Crippen molar-refractivity contribution >= 4 is 0 Å². The first-order valence-electron chi connectivity index (χ1n) is 9.41. The number of hydrogen-bond acceptors (Lipinski definition) is 2. The van der Waals surface area contributed by atoms with Crippen LogP contribution in [0, 0.1) is 17.3 Å². The molecule has 0 aromatic carbocycles. The highest BCUT2D eigenvalue weighted by atomic mass is 15.1. The molecule has 1 aliphatic heterocycles. The zero-order chi connectivity index (χ0) is 15.3. The topological polar surface area (TPSA) is 15.3 Å². The van der Waals surface area contributed by atoms with Crippen LogP contribution in [0.3, 0.4) is 0 Å². The zero-order valence-corrected chi connectivity index (χ0v) is 15.0. The van der Waals surface area contributed by atoms with Crippen LogP contribution in [0.15, 0.2) is 0 Å². The third-order valence-electron chi connectivity index (χ3n) is 5.84. The normalized spacial score (nSPS) is 32.9. The average Bonchev–Trinajstić information content (AvgIpc) is 2.64. The molecule has 1 saturated heterocycles. The summed E-state index contributed by atoms with van der Waals surface area (Å²) in [7, 11) is 0. The van der Waals surface area contributed by atoms with Crippen molar-refractivity contribution in [3.8, 4) is 0 Å². The third kappa shape index (κ3) is 5.90. The van der Waals surface area contributed by atoms with Crippen LogP contribution in [0.25, 0.3) is 0 Å². The highest BCUT2D eigenvalue weighted by Crippen LogP contribution is 2.34. The van der Waals surface area contributed by atoms with E-state index in [4.69, 9.17) is 0 Å². The van der Waals surface area contributed by atoms with Gasteiger partial charge in [0, 0.05) is 19.1 Å². The van der Waals surface area contributed by atoms with Crippen molar-refractivity contribution < 1.29 is 0 Å². The molecule has 21 heavy (non-hydrogen) atoms. The summed E-state index contributed by atoms with van der Waals surface area (Å²) < 4.78 is 0. The van der Waals surface area contributed by atoms with E-state index in [-0.39, 0.29) is 0 Å². The molecule has 0 amide bonds. The Labute approximate surface area is 133 Å². The predicted molar refractivity (Wildman–Crippen MR) is 92.7 cm³/mol. The molecule has 3 atom stereocenters. The van der Waals surface area contributed by atoms with Gasteiger partial charge in [0.25, 0.3) is 0 Å². The van der Waals surface area contributed by atoms with E-state index in [1.54, 1.807) is 0 Å². The van der Waals surface area contributed by atoms with Crippen LogP contribution in [-0.4, -0.2) is 37.1 Å². The first kappa shape index (κ1) is 17.3. The van der Waals surface area contributed by atoms with Crippen molar-refractivity contribution in [3.63, 3.8) is 0 Å². The van der Waals surface area contributed by atoms with Gasteiger partial charge >= 0.3 is 0 Å². The Morgan fingerprint density at radius 1 is 1.00 bits per heavy atom. The van der Waals surface area contributed by atoms with Gasteiger partial charge < -0.3 is 10.2 Å². The minimum absolute atomic E-state index is 0.493. The Balaban J connectivity index is 1.65. The maximum atomic E-state index is 3.82.